The molecule has 0 saturated carbocycles. The fourth-order valence-corrected chi connectivity index (χ4v) is 2.05. The molecule has 78 valence electrons. The van der Waals surface area contributed by atoms with Crippen molar-refractivity contribution >= 4 is 11.8 Å². The maximum absolute atomic E-state index is 5.35. The van der Waals surface area contributed by atoms with E-state index in [1.807, 2.05) is 11.8 Å². The van der Waals surface area contributed by atoms with Crippen molar-refractivity contribution in [2.75, 3.05) is 51.5 Å². The molecule has 3 nitrogen and oxygen atoms in total. The fourth-order valence-electron chi connectivity index (χ4n) is 1.08. The molecule has 1 rings (SSSR count). The third-order valence-corrected chi connectivity index (χ3v) is 3.19. The Morgan fingerprint density at radius 3 is 2.77 bits per heavy atom. The number of methoxy groups -OCH3 is 1. The molecule has 1 saturated heterocycles. The number of thioether (sulfide) groups is 1. The Hall–Kier alpha value is 0.230. The molecule has 0 atom stereocenters. The van der Waals surface area contributed by atoms with Gasteiger partial charge in [0, 0.05) is 12.9 Å². The molecule has 0 aliphatic carbocycles. The fraction of sp³-hybridized carbons (Fsp3) is 1.00. The van der Waals surface area contributed by atoms with Crippen molar-refractivity contribution in [3.05, 3.63) is 0 Å². The van der Waals surface area contributed by atoms with Crippen LogP contribution in [-0.4, -0.2) is 51.5 Å². The minimum Gasteiger partial charge on any atom is -0.382 e. The van der Waals surface area contributed by atoms with Gasteiger partial charge in [0.2, 0.25) is 0 Å². The molecule has 0 radical (unpaired) electrons. The topological polar surface area (TPSA) is 30.5 Å². The van der Waals surface area contributed by atoms with E-state index in [0.29, 0.717) is 6.61 Å². The summed E-state index contributed by atoms with van der Waals surface area (Å²) in [5.74, 6) is 3.30. The van der Waals surface area contributed by atoms with E-state index in [4.69, 9.17) is 9.47 Å². The van der Waals surface area contributed by atoms with Crippen LogP contribution >= 0.6 is 11.8 Å². The van der Waals surface area contributed by atoms with E-state index in [0.717, 1.165) is 24.9 Å². The smallest absolute Gasteiger partial charge is 0.0700 e. The summed E-state index contributed by atoms with van der Waals surface area (Å²) in [5.41, 5.74) is 0. The van der Waals surface area contributed by atoms with Crippen LogP contribution < -0.4 is 5.32 Å². The molecule has 1 N–H and O–H groups in total. The minimum atomic E-state index is 0.706. The number of nitrogens with one attached hydrogen (secondary N) is 1. The van der Waals surface area contributed by atoms with Crippen molar-refractivity contribution < 1.29 is 9.47 Å². The molecule has 4 heteroatoms. The lowest BCUT2D eigenvalue weighted by Crippen LogP contribution is -2.43. The maximum Gasteiger partial charge on any atom is 0.0700 e. The zero-order chi connectivity index (χ0) is 9.36. The maximum atomic E-state index is 5.35. The third-order valence-electron chi connectivity index (χ3n) is 2.02. The van der Waals surface area contributed by atoms with Crippen LogP contribution in [0.25, 0.3) is 0 Å². The van der Waals surface area contributed by atoms with Gasteiger partial charge in [0.25, 0.3) is 0 Å². The predicted molar refractivity (Wildman–Crippen MR) is 56.4 cm³/mol. The van der Waals surface area contributed by atoms with E-state index in [2.05, 4.69) is 5.32 Å². The van der Waals surface area contributed by atoms with Gasteiger partial charge in [0.15, 0.2) is 0 Å². The second kappa shape index (κ2) is 7.62. The SMILES string of the molecule is COCCOCCSCC1CNC1. The Kier molecular flexibility index (Phi) is 6.62. The number of hydrogen-bond acceptors (Lipinski definition) is 4. The van der Waals surface area contributed by atoms with E-state index >= 15 is 0 Å². The van der Waals surface area contributed by atoms with Gasteiger partial charge in [-0.1, -0.05) is 0 Å². The van der Waals surface area contributed by atoms with Crippen molar-refractivity contribution in [2.24, 2.45) is 5.92 Å². The number of hydrogen-bond donors (Lipinski definition) is 1. The van der Waals surface area contributed by atoms with Gasteiger partial charge < -0.3 is 14.8 Å². The van der Waals surface area contributed by atoms with E-state index < -0.39 is 0 Å². The molecule has 1 aliphatic rings. The molecule has 0 amide bonds. The van der Waals surface area contributed by atoms with Crippen molar-refractivity contribution in [1.29, 1.82) is 0 Å². The summed E-state index contributed by atoms with van der Waals surface area (Å²) in [4.78, 5) is 0. The zero-order valence-corrected chi connectivity index (χ0v) is 9.07. The van der Waals surface area contributed by atoms with E-state index in [9.17, 15) is 0 Å². The van der Waals surface area contributed by atoms with E-state index in [1.165, 1.54) is 18.8 Å². The summed E-state index contributed by atoms with van der Waals surface area (Å²) in [5, 5.41) is 3.27. The summed E-state index contributed by atoms with van der Waals surface area (Å²) >= 11 is 1.99. The van der Waals surface area contributed by atoms with Crippen LogP contribution in [0.1, 0.15) is 0 Å². The van der Waals surface area contributed by atoms with Crippen LogP contribution in [0.4, 0.5) is 0 Å². The second-order valence-corrected chi connectivity index (χ2v) is 4.35. The Labute approximate surface area is 84.6 Å². The summed E-state index contributed by atoms with van der Waals surface area (Å²) in [6.45, 7) is 4.70. The summed E-state index contributed by atoms with van der Waals surface area (Å²) in [6.07, 6.45) is 0. The molecule has 0 unspecified atom stereocenters. The Morgan fingerprint density at radius 2 is 2.15 bits per heavy atom. The quantitative estimate of drug-likeness (QED) is 0.588. The van der Waals surface area contributed by atoms with Gasteiger partial charge >= 0.3 is 0 Å². The lowest BCUT2D eigenvalue weighted by molar-refractivity contribution is 0.0790. The van der Waals surface area contributed by atoms with Crippen LogP contribution in [0.15, 0.2) is 0 Å². The van der Waals surface area contributed by atoms with Crippen molar-refractivity contribution in [2.45, 2.75) is 0 Å². The Balaban J connectivity index is 1.68. The van der Waals surface area contributed by atoms with Gasteiger partial charge in [-0.15, -0.1) is 0 Å². The van der Waals surface area contributed by atoms with Crippen LogP contribution in [0, 0.1) is 5.92 Å². The van der Waals surface area contributed by atoms with Gasteiger partial charge in [0.05, 0.1) is 19.8 Å². The summed E-state index contributed by atoms with van der Waals surface area (Å²) < 4.78 is 10.2. The van der Waals surface area contributed by atoms with Gasteiger partial charge in [-0.25, -0.2) is 0 Å². The molecular weight excluding hydrogens is 186 g/mol. The molecule has 0 aromatic carbocycles. The van der Waals surface area contributed by atoms with Gasteiger partial charge in [-0.05, 0) is 24.8 Å². The molecule has 1 fully saturated rings. The molecule has 0 spiro atoms. The van der Waals surface area contributed by atoms with E-state index in [1.54, 1.807) is 7.11 Å². The monoisotopic (exact) mass is 205 g/mol. The van der Waals surface area contributed by atoms with Crippen LogP contribution in [-0.2, 0) is 9.47 Å². The average Bonchev–Trinajstić information content (AvgIpc) is 2.07. The van der Waals surface area contributed by atoms with Crippen LogP contribution in [0.5, 0.6) is 0 Å². The first-order valence-corrected chi connectivity index (χ1v) is 5.94. The first-order valence-electron chi connectivity index (χ1n) is 4.78. The largest absolute Gasteiger partial charge is 0.382 e. The first-order chi connectivity index (χ1) is 6.43. The molecular formula is C9H19NO2S. The van der Waals surface area contributed by atoms with Crippen LogP contribution in [0.2, 0.25) is 0 Å². The lowest BCUT2D eigenvalue weighted by atomic mass is 10.1. The Morgan fingerprint density at radius 1 is 1.31 bits per heavy atom. The molecule has 13 heavy (non-hydrogen) atoms. The number of ether oxygens (including phenoxy) is 2. The number of rotatable bonds is 8. The van der Waals surface area contributed by atoms with Gasteiger partial charge in [-0.3, -0.25) is 0 Å². The molecule has 1 heterocycles. The average molecular weight is 205 g/mol. The first kappa shape index (κ1) is 11.3. The summed E-state index contributed by atoms with van der Waals surface area (Å²) in [6, 6.07) is 0. The highest BCUT2D eigenvalue weighted by molar-refractivity contribution is 7.99. The molecule has 1 aliphatic heterocycles. The zero-order valence-electron chi connectivity index (χ0n) is 8.25. The van der Waals surface area contributed by atoms with Crippen molar-refractivity contribution in [3.63, 3.8) is 0 Å². The highest BCUT2D eigenvalue weighted by Gasteiger charge is 2.15. The highest BCUT2D eigenvalue weighted by atomic mass is 32.2. The molecule has 0 bridgehead atoms. The van der Waals surface area contributed by atoms with Crippen molar-refractivity contribution in [3.8, 4) is 0 Å². The predicted octanol–water partition coefficient (Wildman–Crippen LogP) is 0.602. The third kappa shape index (κ3) is 5.52. The van der Waals surface area contributed by atoms with Gasteiger partial charge in [0.1, 0.15) is 0 Å². The molecule has 0 aromatic heterocycles. The van der Waals surface area contributed by atoms with Crippen molar-refractivity contribution in [1.82, 2.24) is 5.32 Å². The highest BCUT2D eigenvalue weighted by Crippen LogP contribution is 2.11. The van der Waals surface area contributed by atoms with Gasteiger partial charge in [-0.2, -0.15) is 11.8 Å². The standard InChI is InChI=1S/C9H19NO2S/c1-11-2-3-12-4-5-13-8-9-6-10-7-9/h9-10H,2-8H2,1H3. The normalized spacial score (nSPS) is 17.3. The summed E-state index contributed by atoms with van der Waals surface area (Å²) in [7, 11) is 1.70. The Bertz CT molecular complexity index is 120. The lowest BCUT2D eigenvalue weighted by Gasteiger charge is -2.26. The minimum absolute atomic E-state index is 0.706. The van der Waals surface area contributed by atoms with E-state index in [-0.39, 0.29) is 0 Å². The molecule has 0 aromatic rings. The second-order valence-electron chi connectivity index (χ2n) is 3.20. The van der Waals surface area contributed by atoms with Crippen LogP contribution in [0.3, 0.4) is 0 Å².